The number of amides is 1. The van der Waals surface area contributed by atoms with Gasteiger partial charge in [-0.05, 0) is 12.1 Å². The van der Waals surface area contributed by atoms with Gasteiger partial charge in [-0.3, -0.25) is 19.1 Å². The predicted octanol–water partition coefficient (Wildman–Crippen LogP) is 1.56. The van der Waals surface area contributed by atoms with Crippen molar-refractivity contribution in [1.29, 1.82) is 0 Å². The van der Waals surface area contributed by atoms with Crippen molar-refractivity contribution >= 4 is 16.8 Å². The van der Waals surface area contributed by atoms with Gasteiger partial charge in [-0.25, -0.2) is 9.97 Å². The third-order valence-corrected chi connectivity index (χ3v) is 5.68. The first-order chi connectivity index (χ1) is 14.5. The fraction of sp³-hybridized carbons (Fsp3) is 0.455. The van der Waals surface area contributed by atoms with Crippen LogP contribution in [-0.2, 0) is 17.9 Å². The van der Waals surface area contributed by atoms with Gasteiger partial charge in [0.2, 0.25) is 5.91 Å². The molecular weight excluding hydrogens is 380 g/mol. The lowest BCUT2D eigenvalue weighted by atomic mass is 10.2. The van der Waals surface area contributed by atoms with E-state index in [1.807, 2.05) is 29.4 Å². The van der Waals surface area contributed by atoms with Gasteiger partial charge in [0.1, 0.15) is 12.4 Å². The Morgan fingerprint density at radius 3 is 2.57 bits per heavy atom. The SMILES string of the molecule is CC(C)c1nccn1CCN1CCN(C(=O)Cn2cnc3ccccc3c2=O)CC1. The van der Waals surface area contributed by atoms with E-state index in [2.05, 4.69) is 33.3 Å². The molecular formula is C22H28N6O2. The van der Waals surface area contributed by atoms with Crippen molar-refractivity contribution in [3.05, 3.63) is 59.2 Å². The van der Waals surface area contributed by atoms with Gasteiger partial charge < -0.3 is 9.47 Å². The maximum atomic E-state index is 12.7. The second kappa shape index (κ2) is 8.79. The highest BCUT2D eigenvalue weighted by atomic mass is 16.2. The van der Waals surface area contributed by atoms with Crippen LogP contribution in [-0.4, -0.2) is 67.5 Å². The number of hydrogen-bond acceptors (Lipinski definition) is 5. The molecule has 1 aliphatic rings. The molecule has 0 N–H and O–H groups in total. The summed E-state index contributed by atoms with van der Waals surface area (Å²) in [6.45, 7) is 9.20. The average Bonchev–Trinajstić information content (AvgIpc) is 3.24. The first kappa shape index (κ1) is 20.3. The molecule has 158 valence electrons. The van der Waals surface area contributed by atoms with Crippen LogP contribution >= 0.6 is 0 Å². The summed E-state index contributed by atoms with van der Waals surface area (Å²) in [6, 6.07) is 7.20. The number of piperazine rings is 1. The fourth-order valence-electron chi connectivity index (χ4n) is 3.94. The molecule has 1 aromatic carbocycles. The maximum absolute atomic E-state index is 12.7. The lowest BCUT2D eigenvalue weighted by Gasteiger charge is -2.35. The first-order valence-corrected chi connectivity index (χ1v) is 10.5. The van der Waals surface area contributed by atoms with Gasteiger partial charge in [0.05, 0.1) is 17.2 Å². The van der Waals surface area contributed by atoms with Gasteiger partial charge in [-0.2, -0.15) is 0 Å². The van der Waals surface area contributed by atoms with Crippen LogP contribution in [0.3, 0.4) is 0 Å². The summed E-state index contributed by atoms with van der Waals surface area (Å²) < 4.78 is 3.62. The van der Waals surface area contributed by atoms with Gasteiger partial charge in [-0.15, -0.1) is 0 Å². The van der Waals surface area contributed by atoms with E-state index in [0.717, 1.165) is 32.0 Å². The lowest BCUT2D eigenvalue weighted by molar-refractivity contribution is -0.133. The Morgan fingerprint density at radius 1 is 1.03 bits per heavy atom. The molecule has 8 nitrogen and oxygen atoms in total. The van der Waals surface area contributed by atoms with Crippen molar-refractivity contribution in [2.75, 3.05) is 32.7 Å². The van der Waals surface area contributed by atoms with Crippen LogP contribution in [0.5, 0.6) is 0 Å². The lowest BCUT2D eigenvalue weighted by Crippen LogP contribution is -2.50. The summed E-state index contributed by atoms with van der Waals surface area (Å²) in [7, 11) is 0. The summed E-state index contributed by atoms with van der Waals surface area (Å²) in [6.07, 6.45) is 5.36. The number of rotatable bonds is 6. The molecule has 30 heavy (non-hydrogen) atoms. The van der Waals surface area contributed by atoms with Crippen molar-refractivity contribution in [1.82, 2.24) is 28.9 Å². The smallest absolute Gasteiger partial charge is 0.261 e. The maximum Gasteiger partial charge on any atom is 0.261 e. The van der Waals surface area contributed by atoms with Crippen LogP contribution in [0.2, 0.25) is 0 Å². The van der Waals surface area contributed by atoms with E-state index in [9.17, 15) is 9.59 Å². The van der Waals surface area contributed by atoms with E-state index in [-0.39, 0.29) is 18.0 Å². The Balaban J connectivity index is 1.31. The zero-order chi connectivity index (χ0) is 21.1. The number of nitrogens with zero attached hydrogens (tertiary/aromatic N) is 6. The Labute approximate surface area is 175 Å². The highest BCUT2D eigenvalue weighted by molar-refractivity contribution is 5.79. The molecule has 1 amide bonds. The number of para-hydroxylation sites is 1. The van der Waals surface area contributed by atoms with Crippen LogP contribution in [0.25, 0.3) is 10.9 Å². The molecule has 1 saturated heterocycles. The summed E-state index contributed by atoms with van der Waals surface area (Å²) in [5, 5.41) is 0.540. The van der Waals surface area contributed by atoms with E-state index in [1.54, 1.807) is 12.1 Å². The number of carbonyl (C=O) groups is 1. The zero-order valence-corrected chi connectivity index (χ0v) is 17.6. The number of hydrogen-bond donors (Lipinski definition) is 0. The van der Waals surface area contributed by atoms with Crippen LogP contribution < -0.4 is 5.56 Å². The van der Waals surface area contributed by atoms with Gasteiger partial charge >= 0.3 is 0 Å². The number of aromatic nitrogens is 4. The molecule has 0 spiro atoms. The molecule has 3 aromatic rings. The topological polar surface area (TPSA) is 76.3 Å². The van der Waals surface area contributed by atoms with Crippen LogP contribution in [0, 0.1) is 0 Å². The highest BCUT2D eigenvalue weighted by Gasteiger charge is 2.22. The Bertz CT molecular complexity index is 1080. The monoisotopic (exact) mass is 408 g/mol. The van der Waals surface area contributed by atoms with Gasteiger partial charge in [-0.1, -0.05) is 26.0 Å². The first-order valence-electron chi connectivity index (χ1n) is 10.5. The normalized spacial score (nSPS) is 15.2. The van der Waals surface area contributed by atoms with Gasteiger partial charge in [0.15, 0.2) is 0 Å². The molecule has 1 fully saturated rings. The van der Waals surface area contributed by atoms with Crippen LogP contribution in [0.4, 0.5) is 0 Å². The molecule has 0 saturated carbocycles. The minimum absolute atomic E-state index is 0.0312. The Hall–Kier alpha value is -3.00. The highest BCUT2D eigenvalue weighted by Crippen LogP contribution is 2.12. The molecule has 0 aliphatic carbocycles. The fourth-order valence-corrected chi connectivity index (χ4v) is 3.94. The van der Waals surface area contributed by atoms with Gasteiger partial charge in [0, 0.05) is 57.6 Å². The van der Waals surface area contributed by atoms with E-state index in [1.165, 1.54) is 10.9 Å². The molecule has 3 heterocycles. The summed E-state index contributed by atoms with van der Waals surface area (Å²) in [4.78, 5) is 38.3. The molecule has 0 bridgehead atoms. The van der Waals surface area contributed by atoms with Crippen LogP contribution in [0.1, 0.15) is 25.6 Å². The number of carbonyl (C=O) groups excluding carboxylic acids is 1. The third-order valence-electron chi connectivity index (χ3n) is 5.68. The predicted molar refractivity (Wildman–Crippen MR) is 115 cm³/mol. The van der Waals surface area contributed by atoms with Crippen molar-refractivity contribution in [3.63, 3.8) is 0 Å². The van der Waals surface area contributed by atoms with Crippen molar-refractivity contribution < 1.29 is 4.79 Å². The molecule has 4 rings (SSSR count). The average molecular weight is 409 g/mol. The number of benzene rings is 1. The number of fused-ring (bicyclic) bond motifs is 1. The second-order valence-electron chi connectivity index (χ2n) is 8.05. The van der Waals surface area contributed by atoms with E-state index in [4.69, 9.17) is 0 Å². The second-order valence-corrected chi connectivity index (χ2v) is 8.05. The summed E-state index contributed by atoms with van der Waals surface area (Å²) in [5.74, 6) is 1.48. The van der Waals surface area contributed by atoms with Crippen molar-refractivity contribution in [2.24, 2.45) is 0 Å². The standard InChI is InChI=1S/C22H28N6O2/c1-17(2)21-23-7-8-27(21)14-11-25-9-12-26(13-10-25)20(29)15-28-16-24-19-6-4-3-5-18(19)22(28)30/h3-8,16-17H,9-15H2,1-2H3. The molecule has 0 atom stereocenters. The zero-order valence-electron chi connectivity index (χ0n) is 17.6. The van der Waals surface area contributed by atoms with E-state index >= 15 is 0 Å². The molecule has 2 aromatic heterocycles. The minimum Gasteiger partial charge on any atom is -0.339 e. The van der Waals surface area contributed by atoms with E-state index in [0.29, 0.717) is 29.9 Å². The molecule has 8 heteroatoms. The van der Waals surface area contributed by atoms with E-state index < -0.39 is 0 Å². The Kier molecular flexibility index (Phi) is 5.94. The third kappa shape index (κ3) is 4.28. The minimum atomic E-state index is -0.172. The quantitative estimate of drug-likeness (QED) is 0.619. The van der Waals surface area contributed by atoms with Gasteiger partial charge in [0.25, 0.3) is 5.56 Å². The molecule has 0 radical (unpaired) electrons. The summed E-state index contributed by atoms with van der Waals surface area (Å²) >= 11 is 0. The molecule has 0 unspecified atom stereocenters. The largest absolute Gasteiger partial charge is 0.339 e. The molecule has 1 aliphatic heterocycles. The van der Waals surface area contributed by atoms with Crippen molar-refractivity contribution in [3.8, 4) is 0 Å². The Morgan fingerprint density at radius 2 is 1.80 bits per heavy atom. The number of imidazole rings is 1. The van der Waals surface area contributed by atoms with Crippen LogP contribution in [0.15, 0.2) is 47.8 Å². The summed E-state index contributed by atoms with van der Waals surface area (Å²) in [5.41, 5.74) is 0.479. The van der Waals surface area contributed by atoms with Crippen molar-refractivity contribution in [2.45, 2.75) is 32.9 Å².